The molecule has 0 aromatic heterocycles. The molecule has 0 unspecified atom stereocenters. The van der Waals surface area contributed by atoms with Crippen molar-refractivity contribution in [3.05, 3.63) is 34.9 Å². The second-order valence-electron chi connectivity index (χ2n) is 5.16. The Morgan fingerprint density at radius 2 is 2.17 bits per heavy atom. The Hall–Kier alpha value is -0.570. The molecular weight excluding hydrogens is 246 g/mol. The first-order chi connectivity index (χ1) is 8.72. The van der Waals surface area contributed by atoms with Crippen LogP contribution < -0.4 is 5.32 Å². The van der Waals surface area contributed by atoms with Crippen LogP contribution in [-0.2, 0) is 0 Å². The molecule has 1 aliphatic rings. The van der Waals surface area contributed by atoms with Gasteiger partial charge in [0.2, 0.25) is 0 Å². The zero-order valence-corrected chi connectivity index (χ0v) is 11.7. The van der Waals surface area contributed by atoms with Crippen molar-refractivity contribution in [1.82, 2.24) is 5.32 Å². The molecule has 1 fully saturated rings. The number of aliphatic hydroxyl groups is 1. The van der Waals surface area contributed by atoms with Gasteiger partial charge in [-0.15, -0.1) is 0 Å². The van der Waals surface area contributed by atoms with E-state index < -0.39 is 6.10 Å². The van der Waals surface area contributed by atoms with Gasteiger partial charge in [0.15, 0.2) is 0 Å². The van der Waals surface area contributed by atoms with Gasteiger partial charge in [-0.25, -0.2) is 0 Å². The summed E-state index contributed by atoms with van der Waals surface area (Å²) in [7, 11) is 0. The van der Waals surface area contributed by atoms with E-state index in [1.165, 1.54) is 25.7 Å². The van der Waals surface area contributed by atoms with Gasteiger partial charge in [-0.1, -0.05) is 49.6 Å². The second-order valence-corrected chi connectivity index (χ2v) is 5.56. The Morgan fingerprint density at radius 3 is 2.89 bits per heavy atom. The third-order valence-corrected chi connectivity index (χ3v) is 4.10. The fourth-order valence-corrected chi connectivity index (χ4v) is 3.06. The fourth-order valence-electron chi connectivity index (χ4n) is 2.81. The molecule has 2 N–H and O–H groups in total. The van der Waals surface area contributed by atoms with Crippen LogP contribution in [-0.4, -0.2) is 17.2 Å². The topological polar surface area (TPSA) is 32.3 Å². The van der Waals surface area contributed by atoms with Crippen molar-refractivity contribution >= 4 is 11.6 Å². The number of aliphatic hydroxyl groups excluding tert-OH is 1. The SMILES string of the molecule is CCC[C@H]1CCC[C@H]([C@H](O)c2ccccc2Cl)N1. The van der Waals surface area contributed by atoms with Gasteiger partial charge in [0.1, 0.15) is 0 Å². The van der Waals surface area contributed by atoms with Gasteiger partial charge in [0, 0.05) is 22.7 Å². The zero-order chi connectivity index (χ0) is 13.0. The van der Waals surface area contributed by atoms with E-state index in [1.807, 2.05) is 24.3 Å². The van der Waals surface area contributed by atoms with Crippen LogP contribution in [0, 0.1) is 0 Å². The van der Waals surface area contributed by atoms with Crippen LogP contribution in [0.1, 0.15) is 50.7 Å². The van der Waals surface area contributed by atoms with Crippen molar-refractivity contribution < 1.29 is 5.11 Å². The summed E-state index contributed by atoms with van der Waals surface area (Å²) in [6.45, 7) is 2.20. The van der Waals surface area contributed by atoms with Crippen LogP contribution in [0.5, 0.6) is 0 Å². The van der Waals surface area contributed by atoms with Crippen LogP contribution in [0.3, 0.4) is 0 Å². The van der Waals surface area contributed by atoms with Crippen LogP contribution >= 0.6 is 11.6 Å². The number of hydrogen-bond acceptors (Lipinski definition) is 2. The molecule has 1 aromatic rings. The predicted octanol–water partition coefficient (Wildman–Crippen LogP) is 3.68. The summed E-state index contributed by atoms with van der Waals surface area (Å²) in [5.41, 5.74) is 0.841. The number of halogens is 1. The lowest BCUT2D eigenvalue weighted by Gasteiger charge is -2.34. The van der Waals surface area contributed by atoms with Crippen molar-refractivity contribution in [1.29, 1.82) is 0 Å². The molecule has 0 amide bonds. The standard InChI is InChI=1S/C15H22ClNO/c1-2-6-11-7-5-10-14(17-11)15(18)12-8-3-4-9-13(12)16/h3-4,8-9,11,14-15,17-18H,2,5-7,10H2,1H3/t11-,14+,15+/m0/s1. The van der Waals surface area contributed by atoms with Crippen LogP contribution in [0.25, 0.3) is 0 Å². The molecule has 0 bridgehead atoms. The molecule has 0 radical (unpaired) electrons. The summed E-state index contributed by atoms with van der Waals surface area (Å²) in [6, 6.07) is 8.26. The van der Waals surface area contributed by atoms with Crippen molar-refractivity contribution in [2.75, 3.05) is 0 Å². The van der Waals surface area contributed by atoms with Gasteiger partial charge >= 0.3 is 0 Å². The first-order valence-electron chi connectivity index (χ1n) is 6.91. The minimum absolute atomic E-state index is 0.134. The summed E-state index contributed by atoms with van der Waals surface area (Å²) in [5.74, 6) is 0. The van der Waals surface area contributed by atoms with Crippen molar-refractivity contribution in [2.45, 2.75) is 57.2 Å². The zero-order valence-electron chi connectivity index (χ0n) is 10.9. The average molecular weight is 268 g/mol. The molecule has 1 heterocycles. The van der Waals surface area contributed by atoms with Gasteiger partial charge in [-0.05, 0) is 25.3 Å². The molecule has 18 heavy (non-hydrogen) atoms. The minimum Gasteiger partial charge on any atom is -0.387 e. The summed E-state index contributed by atoms with van der Waals surface area (Å²) in [4.78, 5) is 0. The van der Waals surface area contributed by atoms with Crippen LogP contribution in [0.2, 0.25) is 5.02 Å². The minimum atomic E-state index is -0.502. The molecule has 2 nitrogen and oxygen atoms in total. The lowest BCUT2D eigenvalue weighted by molar-refractivity contribution is 0.0999. The normalized spacial score (nSPS) is 25.9. The molecule has 1 saturated heterocycles. The number of hydrogen-bond donors (Lipinski definition) is 2. The van der Waals surface area contributed by atoms with Crippen molar-refractivity contribution in [3.63, 3.8) is 0 Å². The molecule has 0 aliphatic carbocycles. The van der Waals surface area contributed by atoms with E-state index in [0.29, 0.717) is 11.1 Å². The van der Waals surface area contributed by atoms with Gasteiger partial charge < -0.3 is 10.4 Å². The molecule has 100 valence electrons. The molecule has 3 atom stereocenters. The van der Waals surface area contributed by atoms with Crippen molar-refractivity contribution in [3.8, 4) is 0 Å². The summed E-state index contributed by atoms with van der Waals surface area (Å²) in [5, 5.41) is 14.7. The molecule has 0 spiro atoms. The average Bonchev–Trinajstić information content (AvgIpc) is 2.39. The van der Waals surface area contributed by atoms with E-state index in [4.69, 9.17) is 11.6 Å². The molecule has 0 saturated carbocycles. The highest BCUT2D eigenvalue weighted by Crippen LogP contribution is 2.29. The Morgan fingerprint density at radius 1 is 1.39 bits per heavy atom. The van der Waals surface area contributed by atoms with Crippen LogP contribution in [0.15, 0.2) is 24.3 Å². The Bertz CT molecular complexity index is 381. The smallest absolute Gasteiger partial charge is 0.0957 e. The van der Waals surface area contributed by atoms with Gasteiger partial charge in [0.05, 0.1) is 6.10 Å². The maximum Gasteiger partial charge on any atom is 0.0957 e. The third-order valence-electron chi connectivity index (χ3n) is 3.76. The van der Waals surface area contributed by atoms with E-state index in [9.17, 15) is 5.11 Å². The maximum atomic E-state index is 10.5. The summed E-state index contributed by atoms with van der Waals surface area (Å²) < 4.78 is 0. The number of nitrogens with one attached hydrogen (secondary N) is 1. The third kappa shape index (κ3) is 3.25. The fraction of sp³-hybridized carbons (Fsp3) is 0.600. The highest BCUT2D eigenvalue weighted by Gasteiger charge is 2.27. The van der Waals surface area contributed by atoms with Gasteiger partial charge in [-0.3, -0.25) is 0 Å². The Labute approximate surface area is 114 Å². The number of benzene rings is 1. The molecule has 1 aliphatic heterocycles. The number of rotatable bonds is 4. The van der Waals surface area contributed by atoms with E-state index in [2.05, 4.69) is 12.2 Å². The van der Waals surface area contributed by atoms with Crippen molar-refractivity contribution in [2.24, 2.45) is 0 Å². The molecule has 1 aromatic carbocycles. The maximum absolute atomic E-state index is 10.5. The lowest BCUT2D eigenvalue weighted by atomic mass is 9.90. The highest BCUT2D eigenvalue weighted by atomic mass is 35.5. The molecule has 2 rings (SSSR count). The van der Waals surface area contributed by atoms with E-state index in [0.717, 1.165) is 12.0 Å². The largest absolute Gasteiger partial charge is 0.387 e. The monoisotopic (exact) mass is 267 g/mol. The summed E-state index contributed by atoms with van der Waals surface area (Å²) in [6.07, 6.45) is 5.30. The molecular formula is C15H22ClNO. The highest BCUT2D eigenvalue weighted by molar-refractivity contribution is 6.31. The van der Waals surface area contributed by atoms with E-state index in [-0.39, 0.29) is 6.04 Å². The van der Waals surface area contributed by atoms with E-state index >= 15 is 0 Å². The quantitative estimate of drug-likeness (QED) is 0.872. The number of piperidine rings is 1. The lowest BCUT2D eigenvalue weighted by Crippen LogP contribution is -2.45. The van der Waals surface area contributed by atoms with E-state index in [1.54, 1.807) is 0 Å². The first kappa shape index (κ1) is 13.9. The predicted molar refractivity (Wildman–Crippen MR) is 75.9 cm³/mol. The first-order valence-corrected chi connectivity index (χ1v) is 7.28. The second kappa shape index (κ2) is 6.55. The Balaban J connectivity index is 2.04. The summed E-state index contributed by atoms with van der Waals surface area (Å²) >= 11 is 6.15. The van der Waals surface area contributed by atoms with Crippen LogP contribution in [0.4, 0.5) is 0 Å². The molecule has 3 heteroatoms. The van der Waals surface area contributed by atoms with Gasteiger partial charge in [0.25, 0.3) is 0 Å². The van der Waals surface area contributed by atoms with Gasteiger partial charge in [-0.2, -0.15) is 0 Å². The Kier molecular flexibility index (Phi) is 5.04.